The summed E-state index contributed by atoms with van der Waals surface area (Å²) in [5.41, 5.74) is 0.465. The van der Waals surface area contributed by atoms with E-state index in [9.17, 15) is 4.79 Å². The van der Waals surface area contributed by atoms with E-state index in [2.05, 4.69) is 19.2 Å². The molecule has 1 atom stereocenters. The van der Waals surface area contributed by atoms with Gasteiger partial charge in [-0.05, 0) is 44.4 Å². The van der Waals surface area contributed by atoms with E-state index in [0.717, 1.165) is 12.8 Å². The van der Waals surface area contributed by atoms with Crippen LogP contribution < -0.4 is 5.32 Å². The Morgan fingerprint density at radius 3 is 2.43 bits per heavy atom. The van der Waals surface area contributed by atoms with Crippen LogP contribution in [0.15, 0.2) is 0 Å². The van der Waals surface area contributed by atoms with Crippen molar-refractivity contribution in [2.75, 3.05) is 13.2 Å². The summed E-state index contributed by atoms with van der Waals surface area (Å²) < 4.78 is 11.1. The summed E-state index contributed by atoms with van der Waals surface area (Å²) in [6.45, 7) is 11.6. The second kappa shape index (κ2) is 8.74. The van der Waals surface area contributed by atoms with Gasteiger partial charge in [0.25, 0.3) is 0 Å². The molecule has 0 radical (unpaired) electrons. The van der Waals surface area contributed by atoms with Crippen molar-refractivity contribution in [2.45, 2.75) is 84.9 Å². The zero-order chi connectivity index (χ0) is 15.9. The van der Waals surface area contributed by atoms with Gasteiger partial charge in [0.05, 0.1) is 12.7 Å². The van der Waals surface area contributed by atoms with Crippen LogP contribution in [0.25, 0.3) is 0 Å². The lowest BCUT2D eigenvalue weighted by Gasteiger charge is -2.34. The lowest BCUT2D eigenvalue weighted by atomic mass is 9.76. The molecule has 0 aromatic rings. The Bertz CT molecular complexity index is 305. The van der Waals surface area contributed by atoms with Crippen LogP contribution in [0.2, 0.25) is 0 Å². The van der Waals surface area contributed by atoms with Gasteiger partial charge >= 0.3 is 5.97 Å². The molecule has 0 spiro atoms. The second-order valence-corrected chi connectivity index (χ2v) is 7.15. The van der Waals surface area contributed by atoms with E-state index in [1.165, 1.54) is 12.8 Å². The van der Waals surface area contributed by atoms with Crippen LogP contribution in [0.5, 0.6) is 0 Å². The molecule has 1 fully saturated rings. The second-order valence-electron chi connectivity index (χ2n) is 7.15. The van der Waals surface area contributed by atoms with Crippen LogP contribution in [0, 0.1) is 5.41 Å². The predicted octanol–water partition coefficient (Wildman–Crippen LogP) is 3.29. The molecule has 124 valence electrons. The highest BCUT2D eigenvalue weighted by atomic mass is 16.5. The summed E-state index contributed by atoms with van der Waals surface area (Å²) >= 11 is 0. The minimum Gasteiger partial charge on any atom is -0.465 e. The summed E-state index contributed by atoms with van der Waals surface area (Å²) in [6.07, 6.45) is 5.76. The van der Waals surface area contributed by atoms with Gasteiger partial charge in [0.2, 0.25) is 0 Å². The lowest BCUT2D eigenvalue weighted by molar-refractivity contribution is -0.146. The van der Waals surface area contributed by atoms with Crippen molar-refractivity contribution in [3.63, 3.8) is 0 Å². The summed E-state index contributed by atoms with van der Waals surface area (Å²) in [4.78, 5) is 11.9. The molecule has 4 heteroatoms. The predicted molar refractivity (Wildman–Crippen MR) is 85.3 cm³/mol. The number of ether oxygens (including phenoxy) is 2. The van der Waals surface area contributed by atoms with Crippen LogP contribution >= 0.6 is 0 Å². The van der Waals surface area contributed by atoms with Crippen LogP contribution in [-0.4, -0.2) is 37.4 Å². The Balaban J connectivity index is 2.31. The molecule has 0 amide bonds. The van der Waals surface area contributed by atoms with Gasteiger partial charge in [-0.1, -0.05) is 27.7 Å². The van der Waals surface area contributed by atoms with Crippen LogP contribution in [-0.2, 0) is 14.3 Å². The third kappa shape index (κ3) is 7.28. The average Bonchev–Trinajstić information content (AvgIpc) is 2.39. The van der Waals surface area contributed by atoms with Crippen LogP contribution in [0.4, 0.5) is 0 Å². The molecular formula is C17H33NO3. The van der Waals surface area contributed by atoms with Gasteiger partial charge < -0.3 is 14.8 Å². The van der Waals surface area contributed by atoms with Gasteiger partial charge in [-0.3, -0.25) is 4.79 Å². The number of carbonyl (C=O) groups excluding carboxylic acids is 1. The van der Waals surface area contributed by atoms with Crippen molar-refractivity contribution < 1.29 is 14.3 Å². The van der Waals surface area contributed by atoms with E-state index >= 15 is 0 Å². The molecular weight excluding hydrogens is 266 g/mol. The molecule has 1 unspecified atom stereocenters. The van der Waals surface area contributed by atoms with Crippen molar-refractivity contribution in [3.8, 4) is 0 Å². The molecule has 0 aliphatic heterocycles. The fourth-order valence-corrected chi connectivity index (χ4v) is 2.81. The third-order valence-corrected chi connectivity index (χ3v) is 4.15. The minimum absolute atomic E-state index is 0.167. The molecule has 1 rings (SSSR count). The first-order chi connectivity index (χ1) is 9.84. The highest BCUT2D eigenvalue weighted by molar-refractivity contribution is 5.75. The maximum Gasteiger partial charge on any atom is 0.323 e. The number of hydrogen-bond acceptors (Lipinski definition) is 4. The largest absolute Gasteiger partial charge is 0.465 e. The molecule has 1 aliphatic carbocycles. The quantitative estimate of drug-likeness (QED) is 0.699. The van der Waals surface area contributed by atoms with E-state index in [-0.39, 0.29) is 18.1 Å². The van der Waals surface area contributed by atoms with Gasteiger partial charge in [-0.15, -0.1) is 0 Å². The van der Waals surface area contributed by atoms with Crippen LogP contribution in [0.3, 0.4) is 0 Å². The number of hydrogen-bond donors (Lipinski definition) is 1. The zero-order valence-corrected chi connectivity index (χ0v) is 14.4. The van der Waals surface area contributed by atoms with E-state index in [1.807, 2.05) is 20.8 Å². The fraction of sp³-hybridized carbons (Fsp3) is 0.941. The first-order valence-corrected chi connectivity index (χ1v) is 8.38. The molecule has 0 heterocycles. The lowest BCUT2D eigenvalue weighted by Crippen LogP contribution is -2.43. The highest BCUT2D eigenvalue weighted by Gasteiger charge is 2.27. The number of nitrogens with one attached hydrogen (secondary N) is 1. The Morgan fingerprint density at radius 2 is 1.90 bits per heavy atom. The summed E-state index contributed by atoms with van der Waals surface area (Å²) in [6, 6.07) is -0.000123. The van der Waals surface area contributed by atoms with Crippen molar-refractivity contribution in [3.05, 3.63) is 0 Å². The molecule has 0 aromatic heterocycles. The van der Waals surface area contributed by atoms with E-state index in [0.29, 0.717) is 31.2 Å². The molecule has 1 N–H and O–H groups in total. The van der Waals surface area contributed by atoms with Crippen molar-refractivity contribution >= 4 is 5.97 Å². The summed E-state index contributed by atoms with van der Waals surface area (Å²) in [5.74, 6) is -0.167. The maximum absolute atomic E-state index is 11.9. The van der Waals surface area contributed by atoms with Gasteiger partial charge in [0.15, 0.2) is 0 Å². The summed E-state index contributed by atoms with van der Waals surface area (Å²) in [5, 5.41) is 3.26. The summed E-state index contributed by atoms with van der Waals surface area (Å²) in [7, 11) is 0. The van der Waals surface area contributed by atoms with Crippen LogP contribution in [0.1, 0.15) is 66.7 Å². The van der Waals surface area contributed by atoms with Crippen molar-refractivity contribution in [1.29, 1.82) is 0 Å². The molecule has 0 bridgehead atoms. The Hall–Kier alpha value is -0.610. The van der Waals surface area contributed by atoms with Gasteiger partial charge in [0, 0.05) is 12.6 Å². The molecule has 0 saturated heterocycles. The SMILES string of the molecule is CCOC(=O)C(CCOC1CCC(C)(C)CC1)NC(C)C. The van der Waals surface area contributed by atoms with E-state index in [1.54, 1.807) is 0 Å². The fourth-order valence-electron chi connectivity index (χ4n) is 2.81. The number of rotatable bonds is 8. The van der Waals surface area contributed by atoms with E-state index < -0.39 is 0 Å². The van der Waals surface area contributed by atoms with Crippen molar-refractivity contribution in [2.24, 2.45) is 5.41 Å². The molecule has 0 aromatic carbocycles. The third-order valence-electron chi connectivity index (χ3n) is 4.15. The monoisotopic (exact) mass is 299 g/mol. The Morgan fingerprint density at radius 1 is 1.29 bits per heavy atom. The van der Waals surface area contributed by atoms with E-state index in [4.69, 9.17) is 9.47 Å². The van der Waals surface area contributed by atoms with Gasteiger partial charge in [-0.2, -0.15) is 0 Å². The molecule has 1 saturated carbocycles. The first-order valence-electron chi connectivity index (χ1n) is 8.38. The van der Waals surface area contributed by atoms with Crippen molar-refractivity contribution in [1.82, 2.24) is 5.32 Å². The first kappa shape index (κ1) is 18.4. The topological polar surface area (TPSA) is 47.6 Å². The average molecular weight is 299 g/mol. The molecule has 4 nitrogen and oxygen atoms in total. The number of carbonyl (C=O) groups is 1. The normalized spacial score (nSPS) is 20.5. The minimum atomic E-state index is -0.259. The number of esters is 1. The highest BCUT2D eigenvalue weighted by Crippen LogP contribution is 2.36. The Kier molecular flexibility index (Phi) is 7.67. The molecule has 1 aliphatic rings. The zero-order valence-electron chi connectivity index (χ0n) is 14.4. The van der Waals surface area contributed by atoms with Gasteiger partial charge in [-0.25, -0.2) is 0 Å². The standard InChI is InChI=1S/C17H33NO3/c1-6-20-16(19)15(18-13(2)3)9-12-21-14-7-10-17(4,5)11-8-14/h13-15,18H,6-12H2,1-5H3. The maximum atomic E-state index is 11.9. The Labute approximate surface area is 130 Å². The smallest absolute Gasteiger partial charge is 0.323 e. The van der Waals surface area contributed by atoms with Gasteiger partial charge in [0.1, 0.15) is 6.04 Å². The molecule has 21 heavy (non-hydrogen) atoms.